The van der Waals surface area contributed by atoms with Crippen LogP contribution in [0, 0.1) is 11.2 Å². The van der Waals surface area contributed by atoms with Gasteiger partial charge in [0.25, 0.3) is 5.91 Å². The molecule has 1 unspecified atom stereocenters. The lowest BCUT2D eigenvalue weighted by molar-refractivity contribution is 0.0626. The van der Waals surface area contributed by atoms with Gasteiger partial charge in [0.15, 0.2) is 5.82 Å². The van der Waals surface area contributed by atoms with Crippen LogP contribution in [-0.2, 0) is 9.47 Å². The molecule has 6 nitrogen and oxygen atoms in total. The van der Waals surface area contributed by atoms with Gasteiger partial charge in [0, 0.05) is 44.9 Å². The van der Waals surface area contributed by atoms with Crippen LogP contribution in [0.15, 0.2) is 18.5 Å². The van der Waals surface area contributed by atoms with E-state index in [0.29, 0.717) is 32.9 Å². The number of carbonyl (C=O) groups is 1. The van der Waals surface area contributed by atoms with E-state index < -0.39 is 5.82 Å². The summed E-state index contributed by atoms with van der Waals surface area (Å²) >= 11 is 0. The Morgan fingerprint density at radius 1 is 1.46 bits per heavy atom. The Kier molecular flexibility index (Phi) is 5.43. The summed E-state index contributed by atoms with van der Waals surface area (Å²) in [5.74, 6) is -0.857. The Bertz CT molecular complexity index is 586. The highest BCUT2D eigenvalue weighted by Gasteiger charge is 2.42. The molecule has 1 aromatic rings. The third kappa shape index (κ3) is 3.74. The number of hydrogen-bond acceptors (Lipinski definition) is 5. The molecular weight excluding hydrogens is 313 g/mol. The Hall–Kier alpha value is -1.57. The van der Waals surface area contributed by atoms with Crippen molar-refractivity contribution in [2.75, 3.05) is 59.7 Å². The van der Waals surface area contributed by atoms with E-state index >= 15 is 0 Å². The smallest absolute Gasteiger partial charge is 0.257 e. The first-order valence-corrected chi connectivity index (χ1v) is 8.31. The van der Waals surface area contributed by atoms with E-state index in [9.17, 15) is 9.18 Å². The van der Waals surface area contributed by atoms with Crippen molar-refractivity contribution in [1.82, 2.24) is 14.8 Å². The second kappa shape index (κ2) is 7.55. The van der Waals surface area contributed by atoms with Crippen molar-refractivity contribution in [1.29, 1.82) is 0 Å². The Labute approximate surface area is 141 Å². The number of nitrogens with zero attached hydrogens (tertiary/aromatic N) is 3. The summed E-state index contributed by atoms with van der Waals surface area (Å²) in [5, 5.41) is 0. The van der Waals surface area contributed by atoms with Crippen LogP contribution >= 0.6 is 0 Å². The molecule has 132 valence electrons. The van der Waals surface area contributed by atoms with Crippen molar-refractivity contribution < 1.29 is 18.7 Å². The van der Waals surface area contributed by atoms with Gasteiger partial charge < -0.3 is 19.3 Å². The van der Waals surface area contributed by atoms with E-state index in [1.807, 2.05) is 0 Å². The largest absolute Gasteiger partial charge is 0.383 e. The second-order valence-corrected chi connectivity index (χ2v) is 6.65. The number of carbonyl (C=O) groups excluding carboxylic acids is 1. The van der Waals surface area contributed by atoms with Crippen LogP contribution in [0.25, 0.3) is 0 Å². The molecule has 2 aliphatic rings. The number of pyridine rings is 1. The fraction of sp³-hybridized carbons (Fsp3) is 0.647. The zero-order chi connectivity index (χ0) is 17.0. The average molecular weight is 337 g/mol. The summed E-state index contributed by atoms with van der Waals surface area (Å²) in [6.45, 7) is 5.62. The van der Waals surface area contributed by atoms with Crippen LogP contribution in [0.1, 0.15) is 16.8 Å². The average Bonchev–Trinajstić information content (AvgIpc) is 2.86. The third-order valence-corrected chi connectivity index (χ3v) is 4.86. The topological polar surface area (TPSA) is 54.9 Å². The second-order valence-electron chi connectivity index (χ2n) is 6.65. The van der Waals surface area contributed by atoms with Gasteiger partial charge in [-0.2, -0.15) is 0 Å². The molecule has 3 heterocycles. The number of ether oxygens (including phenoxy) is 2. The van der Waals surface area contributed by atoms with Gasteiger partial charge in [0.05, 0.1) is 31.6 Å². The van der Waals surface area contributed by atoms with Crippen LogP contribution in [-0.4, -0.2) is 80.3 Å². The van der Waals surface area contributed by atoms with E-state index in [1.54, 1.807) is 12.0 Å². The maximum Gasteiger partial charge on any atom is 0.257 e. The van der Waals surface area contributed by atoms with E-state index in [4.69, 9.17) is 9.47 Å². The standard InChI is InChI=1S/C17H24FN3O3/c1-23-8-6-20-5-3-17(11-20)12-21(7-9-24-13-17)16(22)14-2-4-19-10-15(14)18/h2,4,10H,3,5-9,11-13H2,1H3. The van der Waals surface area contributed by atoms with Crippen LogP contribution in [0.4, 0.5) is 4.39 Å². The lowest BCUT2D eigenvalue weighted by Gasteiger charge is -2.32. The van der Waals surface area contributed by atoms with Crippen LogP contribution in [0.3, 0.4) is 0 Å². The molecule has 0 bridgehead atoms. The molecule has 24 heavy (non-hydrogen) atoms. The summed E-state index contributed by atoms with van der Waals surface area (Å²) in [6, 6.07) is 1.44. The molecule has 1 spiro atoms. The van der Waals surface area contributed by atoms with E-state index in [2.05, 4.69) is 9.88 Å². The highest BCUT2D eigenvalue weighted by molar-refractivity contribution is 5.94. The predicted molar refractivity (Wildman–Crippen MR) is 86.3 cm³/mol. The van der Waals surface area contributed by atoms with Gasteiger partial charge in [-0.05, 0) is 19.0 Å². The van der Waals surface area contributed by atoms with Crippen molar-refractivity contribution in [3.8, 4) is 0 Å². The molecule has 2 fully saturated rings. The fourth-order valence-electron chi connectivity index (χ4n) is 3.57. The van der Waals surface area contributed by atoms with Crippen molar-refractivity contribution in [3.63, 3.8) is 0 Å². The van der Waals surface area contributed by atoms with Gasteiger partial charge in [-0.25, -0.2) is 4.39 Å². The van der Waals surface area contributed by atoms with Gasteiger partial charge in [0.2, 0.25) is 0 Å². The van der Waals surface area contributed by atoms with Gasteiger partial charge >= 0.3 is 0 Å². The first-order chi connectivity index (χ1) is 11.6. The summed E-state index contributed by atoms with van der Waals surface area (Å²) in [6.07, 6.45) is 3.50. The number of likely N-dealkylation sites (tertiary alicyclic amines) is 1. The minimum atomic E-state index is -0.574. The van der Waals surface area contributed by atoms with Crippen molar-refractivity contribution in [2.45, 2.75) is 6.42 Å². The van der Waals surface area contributed by atoms with Gasteiger partial charge in [-0.1, -0.05) is 0 Å². The molecule has 0 aromatic carbocycles. The zero-order valence-electron chi connectivity index (χ0n) is 14.0. The summed E-state index contributed by atoms with van der Waals surface area (Å²) in [7, 11) is 1.70. The zero-order valence-corrected chi connectivity index (χ0v) is 14.0. The highest BCUT2D eigenvalue weighted by Crippen LogP contribution is 2.33. The van der Waals surface area contributed by atoms with E-state index in [0.717, 1.165) is 32.3 Å². The number of halogens is 1. The maximum absolute atomic E-state index is 13.9. The molecule has 3 rings (SSSR count). The minimum absolute atomic E-state index is 0.0799. The Morgan fingerprint density at radius 3 is 3.12 bits per heavy atom. The molecule has 1 aromatic heterocycles. The molecule has 0 aliphatic carbocycles. The number of aromatic nitrogens is 1. The monoisotopic (exact) mass is 337 g/mol. The lowest BCUT2D eigenvalue weighted by Crippen LogP contribution is -2.43. The molecular formula is C17H24FN3O3. The van der Waals surface area contributed by atoms with Crippen LogP contribution in [0.5, 0.6) is 0 Å². The third-order valence-electron chi connectivity index (χ3n) is 4.86. The Morgan fingerprint density at radius 2 is 2.33 bits per heavy atom. The van der Waals surface area contributed by atoms with Gasteiger partial charge in [-0.3, -0.25) is 9.78 Å². The molecule has 2 saturated heterocycles. The van der Waals surface area contributed by atoms with E-state index in [-0.39, 0.29) is 16.9 Å². The Balaban J connectivity index is 1.71. The molecule has 1 atom stereocenters. The predicted octanol–water partition coefficient (Wildman–Crippen LogP) is 1.03. The van der Waals surface area contributed by atoms with Crippen LogP contribution in [0.2, 0.25) is 0 Å². The summed E-state index contributed by atoms with van der Waals surface area (Å²) in [4.78, 5) is 20.5. The SMILES string of the molecule is COCCN1CCC2(COCCN(C(=O)c3ccncc3F)C2)C1. The maximum atomic E-state index is 13.9. The van der Waals surface area contributed by atoms with Crippen molar-refractivity contribution >= 4 is 5.91 Å². The number of methoxy groups -OCH3 is 1. The van der Waals surface area contributed by atoms with Crippen LogP contribution < -0.4 is 0 Å². The van der Waals surface area contributed by atoms with Gasteiger partial charge in [0.1, 0.15) is 0 Å². The molecule has 0 radical (unpaired) electrons. The number of rotatable bonds is 4. The molecule has 7 heteroatoms. The first-order valence-electron chi connectivity index (χ1n) is 8.31. The first kappa shape index (κ1) is 17.3. The minimum Gasteiger partial charge on any atom is -0.383 e. The summed E-state index contributed by atoms with van der Waals surface area (Å²) < 4.78 is 24.8. The highest BCUT2D eigenvalue weighted by atomic mass is 19.1. The molecule has 0 saturated carbocycles. The normalized spacial score (nSPS) is 25.2. The summed E-state index contributed by atoms with van der Waals surface area (Å²) in [5.41, 5.74) is -0.0000579. The van der Waals surface area contributed by atoms with Gasteiger partial charge in [-0.15, -0.1) is 0 Å². The van der Waals surface area contributed by atoms with E-state index in [1.165, 1.54) is 12.3 Å². The molecule has 2 aliphatic heterocycles. The quantitative estimate of drug-likeness (QED) is 0.821. The van der Waals surface area contributed by atoms with Crippen molar-refractivity contribution in [2.24, 2.45) is 5.41 Å². The fourth-order valence-corrected chi connectivity index (χ4v) is 3.57. The molecule has 0 N–H and O–H groups in total. The number of amides is 1. The number of hydrogen-bond donors (Lipinski definition) is 0. The van der Waals surface area contributed by atoms with Crippen molar-refractivity contribution in [3.05, 3.63) is 29.8 Å². The lowest BCUT2D eigenvalue weighted by atomic mass is 9.87. The molecule has 1 amide bonds.